The highest BCUT2D eigenvalue weighted by atomic mass is 32.2. The molecule has 8 heteroatoms. The molecule has 2 N–H and O–H groups in total. The Labute approximate surface area is 154 Å². The molecule has 1 atom stereocenters. The highest BCUT2D eigenvalue weighted by Gasteiger charge is 2.31. The summed E-state index contributed by atoms with van der Waals surface area (Å²) >= 11 is 1.23. The number of H-pyrrole nitrogens is 1. The molecule has 134 valence electrons. The van der Waals surface area contributed by atoms with E-state index in [2.05, 4.69) is 21.2 Å². The average Bonchev–Trinajstić information content (AvgIpc) is 2.64. The van der Waals surface area contributed by atoms with Crippen molar-refractivity contribution >= 4 is 23.5 Å². The second-order valence-corrected chi connectivity index (χ2v) is 6.51. The number of hydrogen-bond acceptors (Lipinski definition) is 6. The van der Waals surface area contributed by atoms with Crippen LogP contribution in [0.15, 0.2) is 28.2 Å². The summed E-state index contributed by atoms with van der Waals surface area (Å²) in [5.41, 5.74) is 0.895. The first-order valence-electron chi connectivity index (χ1n) is 7.79. The Kier molecular flexibility index (Phi) is 5.19. The van der Waals surface area contributed by atoms with Gasteiger partial charge in [-0.2, -0.15) is 0 Å². The largest absolute Gasteiger partial charge is 0.493 e. The normalized spacial score (nSPS) is 15.6. The SMILES string of the molecule is C#CCSc1nc2c(c(=O)[nH]1)C(c1ccc(OC)c(OC)c1)CC(=O)N2. The number of amides is 1. The second kappa shape index (κ2) is 7.54. The lowest BCUT2D eigenvalue weighted by Gasteiger charge is -2.25. The number of nitrogens with zero attached hydrogens (tertiary/aromatic N) is 1. The van der Waals surface area contributed by atoms with Gasteiger partial charge in [0.15, 0.2) is 16.7 Å². The summed E-state index contributed by atoms with van der Waals surface area (Å²) in [6, 6.07) is 5.33. The number of nitrogens with one attached hydrogen (secondary N) is 2. The number of terminal acetylenes is 1. The van der Waals surface area contributed by atoms with Crippen molar-refractivity contribution in [3.63, 3.8) is 0 Å². The monoisotopic (exact) mass is 371 g/mol. The van der Waals surface area contributed by atoms with Crippen molar-refractivity contribution in [2.75, 3.05) is 25.3 Å². The van der Waals surface area contributed by atoms with E-state index < -0.39 is 5.92 Å². The Hall–Kier alpha value is -2.92. The quantitative estimate of drug-likeness (QED) is 0.474. The highest BCUT2D eigenvalue weighted by molar-refractivity contribution is 7.99. The Morgan fingerprint density at radius 2 is 2.08 bits per heavy atom. The van der Waals surface area contributed by atoms with Crippen LogP contribution in [0.3, 0.4) is 0 Å². The number of ether oxygens (including phenoxy) is 2. The summed E-state index contributed by atoms with van der Waals surface area (Å²) in [5.74, 6) is 3.58. The molecule has 0 saturated heterocycles. The standard InChI is InChI=1S/C18H17N3O4S/c1-4-7-26-18-20-16-15(17(23)21-18)11(9-14(22)19-16)10-5-6-12(24-2)13(8-10)25-3/h1,5-6,8,11H,7,9H2,2-3H3,(H2,19,20,21,22,23). The van der Waals surface area contributed by atoms with Crippen LogP contribution in [0.5, 0.6) is 11.5 Å². The van der Waals surface area contributed by atoms with Crippen LogP contribution in [0.4, 0.5) is 5.82 Å². The van der Waals surface area contributed by atoms with Gasteiger partial charge in [-0.25, -0.2) is 4.98 Å². The maximum absolute atomic E-state index is 12.6. The zero-order valence-corrected chi connectivity index (χ0v) is 15.1. The van der Waals surface area contributed by atoms with Crippen LogP contribution in [0, 0.1) is 12.3 Å². The van der Waals surface area contributed by atoms with Gasteiger partial charge >= 0.3 is 0 Å². The number of fused-ring (bicyclic) bond motifs is 1. The Bertz CT molecular complexity index is 948. The maximum atomic E-state index is 12.6. The number of benzene rings is 1. The van der Waals surface area contributed by atoms with Crippen LogP contribution in [0.2, 0.25) is 0 Å². The van der Waals surface area contributed by atoms with Gasteiger partial charge in [0.25, 0.3) is 5.56 Å². The number of methoxy groups -OCH3 is 2. The number of anilines is 1. The minimum Gasteiger partial charge on any atom is -0.493 e. The summed E-state index contributed by atoms with van der Waals surface area (Å²) in [4.78, 5) is 31.9. The van der Waals surface area contributed by atoms with Gasteiger partial charge in [-0.05, 0) is 17.7 Å². The molecule has 0 saturated carbocycles. The lowest BCUT2D eigenvalue weighted by Crippen LogP contribution is -2.31. The van der Waals surface area contributed by atoms with Gasteiger partial charge < -0.3 is 19.8 Å². The third-order valence-electron chi connectivity index (χ3n) is 4.03. The smallest absolute Gasteiger partial charge is 0.257 e. The first kappa shape index (κ1) is 17.9. The fourth-order valence-electron chi connectivity index (χ4n) is 2.88. The van der Waals surface area contributed by atoms with Gasteiger partial charge in [0, 0.05) is 12.3 Å². The predicted molar refractivity (Wildman–Crippen MR) is 99.1 cm³/mol. The number of carbonyl (C=O) groups is 1. The van der Waals surface area contributed by atoms with Crippen LogP contribution < -0.4 is 20.3 Å². The number of aromatic amines is 1. The Balaban J connectivity index is 2.08. The van der Waals surface area contributed by atoms with Gasteiger partial charge in [0.2, 0.25) is 5.91 Å². The van der Waals surface area contributed by atoms with E-state index in [1.54, 1.807) is 19.2 Å². The molecule has 0 spiro atoms. The molecule has 3 rings (SSSR count). The molecule has 0 bridgehead atoms. The molecule has 0 aliphatic carbocycles. The maximum Gasteiger partial charge on any atom is 0.257 e. The molecular formula is C18H17N3O4S. The minimum absolute atomic E-state index is 0.143. The minimum atomic E-state index is -0.429. The van der Waals surface area contributed by atoms with E-state index >= 15 is 0 Å². The average molecular weight is 371 g/mol. The van der Waals surface area contributed by atoms with E-state index in [0.717, 1.165) is 5.56 Å². The molecule has 2 aromatic rings. The van der Waals surface area contributed by atoms with Crippen molar-refractivity contribution in [1.29, 1.82) is 0 Å². The molecule has 1 amide bonds. The fourth-order valence-corrected chi connectivity index (χ4v) is 3.42. The number of thioether (sulfide) groups is 1. The van der Waals surface area contributed by atoms with Crippen LogP contribution in [-0.4, -0.2) is 35.8 Å². The third kappa shape index (κ3) is 3.39. The fraction of sp³-hybridized carbons (Fsp3) is 0.278. The molecule has 26 heavy (non-hydrogen) atoms. The van der Waals surface area contributed by atoms with Crippen molar-refractivity contribution in [3.05, 3.63) is 39.7 Å². The van der Waals surface area contributed by atoms with Gasteiger partial charge in [0.05, 0.1) is 25.5 Å². The van der Waals surface area contributed by atoms with Gasteiger partial charge in [-0.1, -0.05) is 23.7 Å². The predicted octanol–water partition coefficient (Wildman–Crippen LogP) is 1.99. The lowest BCUT2D eigenvalue weighted by molar-refractivity contribution is -0.116. The first-order valence-corrected chi connectivity index (χ1v) is 8.78. The molecule has 7 nitrogen and oxygen atoms in total. The number of hydrogen-bond donors (Lipinski definition) is 2. The molecule has 2 heterocycles. The molecule has 1 aromatic heterocycles. The zero-order valence-electron chi connectivity index (χ0n) is 14.3. The first-order chi connectivity index (χ1) is 12.6. The van der Waals surface area contributed by atoms with Crippen molar-refractivity contribution in [2.24, 2.45) is 0 Å². The molecule has 1 aliphatic heterocycles. The summed E-state index contributed by atoms with van der Waals surface area (Å²) in [5, 5.41) is 3.05. The van der Waals surface area contributed by atoms with Crippen LogP contribution in [0.1, 0.15) is 23.5 Å². The van der Waals surface area contributed by atoms with Crippen molar-refractivity contribution in [3.8, 4) is 23.8 Å². The van der Waals surface area contributed by atoms with Gasteiger partial charge in [-0.15, -0.1) is 6.42 Å². The Morgan fingerprint density at radius 3 is 2.77 bits per heavy atom. The molecule has 0 radical (unpaired) electrons. The molecule has 1 unspecified atom stereocenters. The summed E-state index contributed by atoms with van der Waals surface area (Å²) in [6.07, 6.45) is 5.38. The van der Waals surface area contributed by atoms with Gasteiger partial charge in [-0.3, -0.25) is 9.59 Å². The topological polar surface area (TPSA) is 93.3 Å². The number of aromatic nitrogens is 2. The van der Waals surface area contributed by atoms with Crippen LogP contribution in [-0.2, 0) is 4.79 Å². The summed E-state index contributed by atoms with van der Waals surface area (Å²) in [6.45, 7) is 0. The summed E-state index contributed by atoms with van der Waals surface area (Å²) < 4.78 is 10.6. The summed E-state index contributed by atoms with van der Waals surface area (Å²) in [7, 11) is 3.08. The van der Waals surface area contributed by atoms with E-state index in [0.29, 0.717) is 28.0 Å². The molecule has 1 aromatic carbocycles. The van der Waals surface area contributed by atoms with Gasteiger partial charge in [0.1, 0.15) is 5.82 Å². The number of rotatable bonds is 5. The van der Waals surface area contributed by atoms with E-state index in [1.807, 2.05) is 6.07 Å². The second-order valence-electron chi connectivity index (χ2n) is 5.55. The third-order valence-corrected chi connectivity index (χ3v) is 4.81. The molecule has 0 fully saturated rings. The van der Waals surface area contributed by atoms with Crippen molar-refractivity contribution in [1.82, 2.24) is 9.97 Å². The number of carbonyl (C=O) groups excluding carboxylic acids is 1. The van der Waals surface area contributed by atoms with E-state index in [-0.39, 0.29) is 23.7 Å². The molecular weight excluding hydrogens is 354 g/mol. The molecule has 1 aliphatic rings. The van der Waals surface area contributed by atoms with E-state index in [9.17, 15) is 9.59 Å². The highest BCUT2D eigenvalue weighted by Crippen LogP contribution is 2.38. The van der Waals surface area contributed by atoms with Crippen molar-refractivity contribution < 1.29 is 14.3 Å². The van der Waals surface area contributed by atoms with E-state index in [1.165, 1.54) is 18.9 Å². The van der Waals surface area contributed by atoms with Crippen molar-refractivity contribution in [2.45, 2.75) is 17.5 Å². The Morgan fingerprint density at radius 1 is 1.31 bits per heavy atom. The lowest BCUT2D eigenvalue weighted by atomic mass is 9.86. The van der Waals surface area contributed by atoms with E-state index in [4.69, 9.17) is 15.9 Å². The zero-order chi connectivity index (χ0) is 18.7. The van der Waals surface area contributed by atoms with Crippen LogP contribution in [0.25, 0.3) is 0 Å². The van der Waals surface area contributed by atoms with Crippen LogP contribution >= 0.6 is 11.8 Å².